The van der Waals surface area contributed by atoms with Gasteiger partial charge in [0.1, 0.15) is 6.61 Å². The molecule has 3 nitrogen and oxygen atoms in total. The van der Waals surface area contributed by atoms with Crippen LogP contribution >= 0.6 is 0 Å². The minimum Gasteiger partial charge on any atom is -0.489 e. The second-order valence-corrected chi connectivity index (χ2v) is 6.40. The molecule has 2 saturated heterocycles. The molecule has 1 aromatic rings. The van der Waals surface area contributed by atoms with E-state index in [4.69, 9.17) is 4.74 Å². The molecule has 0 bridgehead atoms. The summed E-state index contributed by atoms with van der Waals surface area (Å²) in [6, 6.07) is 6.60. The number of benzene rings is 1. The van der Waals surface area contributed by atoms with Crippen LogP contribution in [0, 0.1) is 17.7 Å². The monoisotopic (exact) mass is 278 g/mol. The van der Waals surface area contributed by atoms with Crippen LogP contribution in [0.4, 0.5) is 4.39 Å². The normalized spacial score (nSPS) is 28.6. The van der Waals surface area contributed by atoms with Crippen molar-refractivity contribution >= 4 is 0 Å². The zero-order chi connectivity index (χ0) is 14.2. The van der Waals surface area contributed by atoms with Gasteiger partial charge in [-0.3, -0.25) is 4.90 Å². The molecule has 110 valence electrons. The Morgan fingerprint density at radius 3 is 2.90 bits per heavy atom. The predicted molar refractivity (Wildman–Crippen MR) is 77.4 cm³/mol. The van der Waals surface area contributed by atoms with E-state index in [1.54, 1.807) is 18.2 Å². The Bertz CT molecular complexity index is 477. The number of hydrogen-bond donors (Lipinski definition) is 1. The Morgan fingerprint density at radius 1 is 1.35 bits per heavy atom. The number of nitrogens with zero attached hydrogens (tertiary/aromatic N) is 1. The molecule has 2 aliphatic rings. The van der Waals surface area contributed by atoms with Gasteiger partial charge in [-0.15, -0.1) is 0 Å². The number of fused-ring (bicyclic) bond motifs is 1. The molecule has 2 unspecified atom stereocenters. The second-order valence-electron chi connectivity index (χ2n) is 6.40. The summed E-state index contributed by atoms with van der Waals surface area (Å²) >= 11 is 0. The molecular weight excluding hydrogens is 255 g/mol. The Balaban J connectivity index is 1.56. The van der Waals surface area contributed by atoms with E-state index in [1.165, 1.54) is 6.07 Å². The highest BCUT2D eigenvalue weighted by molar-refractivity contribution is 5.23. The lowest BCUT2D eigenvalue weighted by Crippen LogP contribution is -2.46. The molecule has 2 aliphatic heterocycles. The van der Waals surface area contributed by atoms with Gasteiger partial charge in [0.05, 0.1) is 0 Å². The Labute approximate surface area is 120 Å². The summed E-state index contributed by atoms with van der Waals surface area (Å²) in [6.07, 6.45) is 0. The van der Waals surface area contributed by atoms with Crippen molar-refractivity contribution in [2.45, 2.75) is 19.4 Å². The van der Waals surface area contributed by atoms with Crippen molar-refractivity contribution in [1.29, 1.82) is 0 Å². The van der Waals surface area contributed by atoms with Crippen molar-refractivity contribution < 1.29 is 9.13 Å². The molecule has 0 amide bonds. The highest BCUT2D eigenvalue weighted by Gasteiger charge is 2.49. The van der Waals surface area contributed by atoms with Crippen molar-refractivity contribution in [2.75, 3.05) is 32.8 Å². The van der Waals surface area contributed by atoms with Gasteiger partial charge in [-0.25, -0.2) is 4.39 Å². The number of hydrogen-bond acceptors (Lipinski definition) is 3. The fraction of sp³-hybridized carbons (Fsp3) is 0.625. The van der Waals surface area contributed by atoms with Crippen molar-refractivity contribution in [3.8, 4) is 5.75 Å². The van der Waals surface area contributed by atoms with Gasteiger partial charge in [-0.1, -0.05) is 12.1 Å². The molecule has 1 aromatic carbocycles. The van der Waals surface area contributed by atoms with Gasteiger partial charge in [0.25, 0.3) is 0 Å². The van der Waals surface area contributed by atoms with E-state index in [9.17, 15) is 4.39 Å². The van der Waals surface area contributed by atoms with Gasteiger partial charge in [0, 0.05) is 25.2 Å². The standard InChI is InChI=1S/C16H23FN2O/c1-16(2)13-10-18-9-12(13)11-19(16)7-8-20-15-6-4-3-5-14(15)17/h3-6,12-13,18H,7-11H2,1-2H3. The molecule has 0 saturated carbocycles. The third kappa shape index (κ3) is 2.42. The fourth-order valence-corrected chi connectivity index (χ4v) is 3.71. The lowest BCUT2D eigenvalue weighted by Gasteiger charge is -2.35. The molecule has 2 fully saturated rings. The van der Waals surface area contributed by atoms with E-state index in [-0.39, 0.29) is 11.4 Å². The first kappa shape index (κ1) is 13.8. The minimum absolute atomic E-state index is 0.201. The zero-order valence-electron chi connectivity index (χ0n) is 12.2. The van der Waals surface area contributed by atoms with Crippen molar-refractivity contribution in [3.63, 3.8) is 0 Å². The number of rotatable bonds is 4. The Morgan fingerprint density at radius 2 is 2.15 bits per heavy atom. The van der Waals surface area contributed by atoms with Crippen LogP contribution in [0.2, 0.25) is 0 Å². The Hall–Kier alpha value is -1.13. The summed E-state index contributed by atoms with van der Waals surface area (Å²) in [5.74, 6) is 1.54. The summed E-state index contributed by atoms with van der Waals surface area (Å²) in [6.45, 7) is 9.37. The van der Waals surface area contributed by atoms with Crippen LogP contribution in [0.25, 0.3) is 0 Å². The second kappa shape index (κ2) is 5.34. The van der Waals surface area contributed by atoms with E-state index in [2.05, 4.69) is 24.1 Å². The third-order valence-electron chi connectivity index (χ3n) is 4.97. The van der Waals surface area contributed by atoms with Crippen molar-refractivity contribution in [2.24, 2.45) is 11.8 Å². The van der Waals surface area contributed by atoms with Gasteiger partial charge >= 0.3 is 0 Å². The predicted octanol–water partition coefficient (Wildman–Crippen LogP) is 2.13. The zero-order valence-corrected chi connectivity index (χ0v) is 12.2. The number of nitrogens with one attached hydrogen (secondary N) is 1. The SMILES string of the molecule is CC1(C)C2CNCC2CN1CCOc1ccccc1F. The van der Waals surface area contributed by atoms with E-state index in [1.807, 2.05) is 0 Å². The van der Waals surface area contributed by atoms with E-state index in [0.717, 1.165) is 38.0 Å². The van der Waals surface area contributed by atoms with Crippen LogP contribution in [-0.2, 0) is 0 Å². The first-order valence-corrected chi connectivity index (χ1v) is 7.42. The molecular formula is C16H23FN2O. The third-order valence-corrected chi connectivity index (χ3v) is 4.97. The Kier molecular flexibility index (Phi) is 3.69. The summed E-state index contributed by atoms with van der Waals surface area (Å²) in [5, 5.41) is 3.48. The van der Waals surface area contributed by atoms with E-state index in [0.29, 0.717) is 12.4 Å². The van der Waals surface area contributed by atoms with Crippen LogP contribution < -0.4 is 10.1 Å². The number of halogens is 1. The molecule has 2 heterocycles. The molecule has 20 heavy (non-hydrogen) atoms. The molecule has 2 atom stereocenters. The van der Waals surface area contributed by atoms with Gasteiger partial charge in [0.2, 0.25) is 0 Å². The summed E-state index contributed by atoms with van der Waals surface area (Å²) in [4.78, 5) is 2.49. The largest absolute Gasteiger partial charge is 0.489 e. The maximum Gasteiger partial charge on any atom is 0.165 e. The first-order chi connectivity index (χ1) is 9.59. The molecule has 4 heteroatoms. The summed E-state index contributed by atoms with van der Waals surface area (Å²) < 4.78 is 19.1. The van der Waals surface area contributed by atoms with E-state index < -0.39 is 0 Å². The number of likely N-dealkylation sites (tertiary alicyclic amines) is 1. The summed E-state index contributed by atoms with van der Waals surface area (Å²) in [7, 11) is 0. The lowest BCUT2D eigenvalue weighted by atomic mass is 9.85. The van der Waals surface area contributed by atoms with Crippen LogP contribution in [-0.4, -0.2) is 43.2 Å². The smallest absolute Gasteiger partial charge is 0.165 e. The lowest BCUT2D eigenvalue weighted by molar-refractivity contribution is 0.116. The first-order valence-electron chi connectivity index (χ1n) is 7.42. The van der Waals surface area contributed by atoms with Crippen molar-refractivity contribution in [1.82, 2.24) is 10.2 Å². The quantitative estimate of drug-likeness (QED) is 0.913. The van der Waals surface area contributed by atoms with Crippen LogP contribution in [0.1, 0.15) is 13.8 Å². The minimum atomic E-state index is -0.283. The topological polar surface area (TPSA) is 24.5 Å². The highest BCUT2D eigenvalue weighted by atomic mass is 19.1. The summed E-state index contributed by atoms with van der Waals surface area (Å²) in [5.41, 5.74) is 0.201. The average molecular weight is 278 g/mol. The van der Waals surface area contributed by atoms with Crippen LogP contribution in [0.5, 0.6) is 5.75 Å². The van der Waals surface area contributed by atoms with Gasteiger partial charge in [-0.05, 0) is 44.4 Å². The molecule has 3 rings (SSSR count). The maximum absolute atomic E-state index is 13.5. The van der Waals surface area contributed by atoms with E-state index >= 15 is 0 Å². The van der Waals surface area contributed by atoms with Gasteiger partial charge in [-0.2, -0.15) is 0 Å². The molecule has 1 N–H and O–H groups in total. The van der Waals surface area contributed by atoms with Crippen molar-refractivity contribution in [3.05, 3.63) is 30.1 Å². The van der Waals surface area contributed by atoms with Gasteiger partial charge in [0.15, 0.2) is 11.6 Å². The highest BCUT2D eigenvalue weighted by Crippen LogP contribution is 2.40. The fourth-order valence-electron chi connectivity index (χ4n) is 3.71. The number of para-hydroxylation sites is 1. The average Bonchev–Trinajstić information content (AvgIpc) is 2.96. The molecule has 0 aliphatic carbocycles. The van der Waals surface area contributed by atoms with Crippen LogP contribution in [0.15, 0.2) is 24.3 Å². The number of ether oxygens (including phenoxy) is 1. The molecule has 0 radical (unpaired) electrons. The van der Waals surface area contributed by atoms with Gasteiger partial charge < -0.3 is 10.1 Å². The molecule has 0 spiro atoms. The molecule has 0 aromatic heterocycles. The van der Waals surface area contributed by atoms with Crippen LogP contribution in [0.3, 0.4) is 0 Å². The maximum atomic E-state index is 13.5.